The lowest BCUT2D eigenvalue weighted by Gasteiger charge is -2.28. The Labute approximate surface area is 123 Å². The van der Waals surface area contributed by atoms with Crippen molar-refractivity contribution in [2.24, 2.45) is 23.2 Å². The normalized spacial score (nSPS) is 35.8. The Morgan fingerprint density at radius 1 is 1.15 bits per heavy atom. The largest absolute Gasteiger partial charge is 0.356 e. The van der Waals surface area contributed by atoms with Gasteiger partial charge in [0.15, 0.2) is 0 Å². The average Bonchev–Trinajstić information content (AvgIpc) is 3.19. The zero-order valence-electron chi connectivity index (χ0n) is 12.9. The number of piperidine rings is 1. The molecule has 3 nitrogen and oxygen atoms in total. The fourth-order valence-corrected chi connectivity index (χ4v) is 4.41. The van der Waals surface area contributed by atoms with E-state index in [1.165, 1.54) is 44.9 Å². The summed E-state index contributed by atoms with van der Waals surface area (Å²) in [5.41, 5.74) is 0.384. The van der Waals surface area contributed by atoms with E-state index in [0.717, 1.165) is 37.9 Å². The first kappa shape index (κ1) is 14.4. The zero-order chi connectivity index (χ0) is 14.0. The highest BCUT2D eigenvalue weighted by Gasteiger charge is 2.57. The van der Waals surface area contributed by atoms with Gasteiger partial charge in [-0.3, -0.25) is 4.79 Å². The first-order valence-electron chi connectivity index (χ1n) is 8.72. The fourth-order valence-electron chi connectivity index (χ4n) is 4.41. The van der Waals surface area contributed by atoms with Gasteiger partial charge in [-0.1, -0.05) is 26.2 Å². The second kappa shape index (κ2) is 6.05. The van der Waals surface area contributed by atoms with Gasteiger partial charge in [0.05, 0.1) is 0 Å². The minimum Gasteiger partial charge on any atom is -0.356 e. The van der Waals surface area contributed by atoms with Crippen molar-refractivity contribution in [3.63, 3.8) is 0 Å². The maximum atomic E-state index is 12.3. The van der Waals surface area contributed by atoms with Gasteiger partial charge in [0.1, 0.15) is 0 Å². The summed E-state index contributed by atoms with van der Waals surface area (Å²) in [5, 5.41) is 6.66. The van der Waals surface area contributed by atoms with Gasteiger partial charge in [0.2, 0.25) is 5.91 Å². The first-order chi connectivity index (χ1) is 9.73. The molecule has 1 saturated heterocycles. The van der Waals surface area contributed by atoms with Crippen molar-refractivity contribution in [2.75, 3.05) is 19.6 Å². The Morgan fingerprint density at radius 3 is 2.45 bits per heavy atom. The summed E-state index contributed by atoms with van der Waals surface area (Å²) in [6.45, 7) is 5.44. The van der Waals surface area contributed by atoms with E-state index in [-0.39, 0.29) is 0 Å². The maximum absolute atomic E-state index is 12.3. The van der Waals surface area contributed by atoms with Crippen molar-refractivity contribution in [3.05, 3.63) is 0 Å². The number of hydrogen-bond acceptors (Lipinski definition) is 2. The number of amides is 1. The van der Waals surface area contributed by atoms with E-state index in [4.69, 9.17) is 0 Å². The van der Waals surface area contributed by atoms with Crippen molar-refractivity contribution in [1.29, 1.82) is 0 Å². The van der Waals surface area contributed by atoms with Crippen LogP contribution in [0.1, 0.15) is 58.3 Å². The monoisotopic (exact) mass is 278 g/mol. The van der Waals surface area contributed by atoms with Gasteiger partial charge in [-0.25, -0.2) is 0 Å². The Bertz CT molecular complexity index is 341. The van der Waals surface area contributed by atoms with Crippen LogP contribution in [0.5, 0.6) is 0 Å². The van der Waals surface area contributed by atoms with Gasteiger partial charge in [-0.05, 0) is 62.4 Å². The average molecular weight is 278 g/mol. The second-order valence-corrected chi connectivity index (χ2v) is 7.41. The maximum Gasteiger partial charge on any atom is 0.223 e. The van der Waals surface area contributed by atoms with E-state index in [9.17, 15) is 4.79 Å². The van der Waals surface area contributed by atoms with Crippen molar-refractivity contribution < 1.29 is 4.79 Å². The van der Waals surface area contributed by atoms with Crippen LogP contribution in [0.2, 0.25) is 0 Å². The van der Waals surface area contributed by atoms with Crippen molar-refractivity contribution in [2.45, 2.75) is 58.3 Å². The fraction of sp³-hybridized carbons (Fsp3) is 0.941. The molecule has 1 aliphatic heterocycles. The number of rotatable bonds is 4. The summed E-state index contributed by atoms with van der Waals surface area (Å²) in [7, 11) is 0. The molecule has 1 heterocycles. The van der Waals surface area contributed by atoms with E-state index in [0.29, 0.717) is 17.2 Å². The molecule has 1 amide bonds. The molecule has 1 atom stereocenters. The first-order valence-corrected chi connectivity index (χ1v) is 8.72. The van der Waals surface area contributed by atoms with Gasteiger partial charge >= 0.3 is 0 Å². The molecule has 0 aromatic heterocycles. The second-order valence-electron chi connectivity index (χ2n) is 7.41. The van der Waals surface area contributed by atoms with E-state index in [2.05, 4.69) is 17.6 Å². The lowest BCUT2D eigenvalue weighted by molar-refractivity contribution is -0.123. The van der Waals surface area contributed by atoms with Crippen LogP contribution < -0.4 is 10.6 Å². The molecule has 1 unspecified atom stereocenters. The minimum atomic E-state index is 0.330. The summed E-state index contributed by atoms with van der Waals surface area (Å²) in [4.78, 5) is 12.3. The molecule has 3 aliphatic rings. The van der Waals surface area contributed by atoms with E-state index in [1.807, 2.05) is 0 Å². The third kappa shape index (κ3) is 3.03. The Morgan fingerprint density at radius 2 is 1.80 bits per heavy atom. The SMILES string of the molecule is CCC1CCC(CNC(=O)C2CC23CCNCC3)CC1. The molecule has 2 saturated carbocycles. The quantitative estimate of drug-likeness (QED) is 0.830. The minimum absolute atomic E-state index is 0.330. The summed E-state index contributed by atoms with van der Waals surface area (Å²) in [6.07, 6.45) is 10.3. The van der Waals surface area contributed by atoms with Crippen LogP contribution in [-0.4, -0.2) is 25.5 Å². The van der Waals surface area contributed by atoms with E-state index in [1.54, 1.807) is 0 Å². The number of carbonyl (C=O) groups excluding carboxylic acids is 1. The van der Waals surface area contributed by atoms with Crippen LogP contribution in [-0.2, 0) is 4.79 Å². The molecular formula is C17H30N2O. The van der Waals surface area contributed by atoms with Crippen molar-refractivity contribution in [3.8, 4) is 0 Å². The summed E-state index contributed by atoms with van der Waals surface area (Å²) < 4.78 is 0. The van der Waals surface area contributed by atoms with Crippen molar-refractivity contribution in [1.82, 2.24) is 10.6 Å². The van der Waals surface area contributed by atoms with Gasteiger partial charge in [0.25, 0.3) is 0 Å². The topological polar surface area (TPSA) is 41.1 Å². The molecule has 0 aromatic rings. The predicted molar refractivity (Wildman–Crippen MR) is 81.4 cm³/mol. The third-order valence-corrected chi connectivity index (χ3v) is 6.21. The van der Waals surface area contributed by atoms with Crippen LogP contribution in [0.3, 0.4) is 0 Å². The van der Waals surface area contributed by atoms with E-state index < -0.39 is 0 Å². The lowest BCUT2D eigenvalue weighted by Crippen LogP contribution is -2.36. The van der Waals surface area contributed by atoms with Gasteiger partial charge < -0.3 is 10.6 Å². The van der Waals surface area contributed by atoms with Gasteiger partial charge in [0, 0.05) is 12.5 Å². The number of hydrogen-bond donors (Lipinski definition) is 2. The number of nitrogens with one attached hydrogen (secondary N) is 2. The highest BCUT2D eigenvalue weighted by Crippen LogP contribution is 2.58. The molecule has 0 radical (unpaired) electrons. The van der Waals surface area contributed by atoms with E-state index >= 15 is 0 Å². The molecular weight excluding hydrogens is 248 g/mol. The summed E-state index contributed by atoms with van der Waals surface area (Å²) in [6, 6.07) is 0. The van der Waals surface area contributed by atoms with Crippen molar-refractivity contribution >= 4 is 5.91 Å². The van der Waals surface area contributed by atoms with Crippen LogP contribution in [0.25, 0.3) is 0 Å². The highest BCUT2D eigenvalue weighted by molar-refractivity contribution is 5.82. The molecule has 2 N–H and O–H groups in total. The molecule has 0 bridgehead atoms. The molecule has 3 heteroatoms. The lowest BCUT2D eigenvalue weighted by atomic mass is 9.81. The zero-order valence-corrected chi connectivity index (χ0v) is 12.9. The molecule has 0 aromatic carbocycles. The molecule has 3 rings (SSSR count). The third-order valence-electron chi connectivity index (χ3n) is 6.21. The van der Waals surface area contributed by atoms with Crippen LogP contribution >= 0.6 is 0 Å². The smallest absolute Gasteiger partial charge is 0.223 e. The Balaban J connectivity index is 1.38. The van der Waals surface area contributed by atoms with Gasteiger partial charge in [-0.2, -0.15) is 0 Å². The van der Waals surface area contributed by atoms with Crippen LogP contribution in [0.4, 0.5) is 0 Å². The van der Waals surface area contributed by atoms with Crippen LogP contribution in [0, 0.1) is 23.2 Å². The molecule has 20 heavy (non-hydrogen) atoms. The molecule has 1 spiro atoms. The van der Waals surface area contributed by atoms with Gasteiger partial charge in [-0.15, -0.1) is 0 Å². The Kier molecular flexibility index (Phi) is 4.34. The Hall–Kier alpha value is -0.570. The highest BCUT2D eigenvalue weighted by atomic mass is 16.2. The summed E-state index contributed by atoms with van der Waals surface area (Å²) in [5.74, 6) is 2.37. The molecule has 2 aliphatic carbocycles. The number of carbonyl (C=O) groups is 1. The predicted octanol–water partition coefficient (Wildman–Crippen LogP) is 2.71. The molecule has 114 valence electrons. The standard InChI is InChI=1S/C17H30N2O/c1-2-13-3-5-14(6-4-13)12-19-16(20)15-11-17(15)7-9-18-10-8-17/h13-15,18H,2-12H2,1H3,(H,19,20). The molecule has 3 fully saturated rings. The summed E-state index contributed by atoms with van der Waals surface area (Å²) >= 11 is 0. The van der Waals surface area contributed by atoms with Crippen LogP contribution in [0.15, 0.2) is 0 Å².